The number of aromatic nitrogens is 2. The van der Waals surface area contributed by atoms with Gasteiger partial charge in [0.1, 0.15) is 0 Å². The fourth-order valence-electron chi connectivity index (χ4n) is 2.03. The predicted molar refractivity (Wildman–Crippen MR) is 78.8 cm³/mol. The van der Waals surface area contributed by atoms with Gasteiger partial charge in [0, 0.05) is 23.1 Å². The van der Waals surface area contributed by atoms with E-state index in [1.165, 1.54) is 29.7 Å². The largest absolute Gasteiger partial charge is 0.269 e. The minimum atomic E-state index is 0.961. The highest BCUT2D eigenvalue weighted by molar-refractivity contribution is 9.10. The van der Waals surface area contributed by atoms with Crippen molar-refractivity contribution in [1.29, 1.82) is 0 Å². The number of hydrogen-bond acceptors (Lipinski definition) is 1. The van der Waals surface area contributed by atoms with E-state index in [0.29, 0.717) is 0 Å². The minimum Gasteiger partial charge on any atom is -0.269 e. The third-order valence-corrected chi connectivity index (χ3v) is 3.69. The van der Waals surface area contributed by atoms with Gasteiger partial charge in [0.25, 0.3) is 0 Å². The first-order valence-corrected chi connectivity index (χ1v) is 7.25. The topological polar surface area (TPSA) is 17.8 Å². The van der Waals surface area contributed by atoms with Gasteiger partial charge in [-0.2, -0.15) is 5.10 Å². The SMILES string of the molecule is CCCCn1ncc(C)c1Cc1ccc(Br)cc1. The fraction of sp³-hybridized carbons (Fsp3) is 0.400. The molecule has 0 fully saturated rings. The van der Waals surface area contributed by atoms with Gasteiger partial charge in [-0.15, -0.1) is 0 Å². The van der Waals surface area contributed by atoms with Crippen molar-refractivity contribution in [2.75, 3.05) is 0 Å². The van der Waals surface area contributed by atoms with Crippen molar-refractivity contribution in [2.45, 2.75) is 39.7 Å². The lowest BCUT2D eigenvalue weighted by Gasteiger charge is -2.08. The molecule has 1 aromatic heterocycles. The average Bonchev–Trinajstić information content (AvgIpc) is 2.71. The van der Waals surface area contributed by atoms with Crippen LogP contribution >= 0.6 is 15.9 Å². The van der Waals surface area contributed by atoms with E-state index in [1.54, 1.807) is 0 Å². The molecular formula is C15H19BrN2. The maximum Gasteiger partial charge on any atom is 0.0521 e. The van der Waals surface area contributed by atoms with E-state index in [1.807, 2.05) is 6.20 Å². The van der Waals surface area contributed by atoms with Gasteiger partial charge in [0.05, 0.1) is 6.20 Å². The first-order valence-electron chi connectivity index (χ1n) is 6.46. The Labute approximate surface area is 117 Å². The van der Waals surface area contributed by atoms with Gasteiger partial charge in [0.15, 0.2) is 0 Å². The van der Waals surface area contributed by atoms with Crippen molar-refractivity contribution in [2.24, 2.45) is 0 Å². The summed E-state index contributed by atoms with van der Waals surface area (Å²) in [4.78, 5) is 0. The van der Waals surface area contributed by atoms with E-state index in [0.717, 1.165) is 17.4 Å². The zero-order valence-electron chi connectivity index (χ0n) is 11.0. The molecular weight excluding hydrogens is 288 g/mol. The summed E-state index contributed by atoms with van der Waals surface area (Å²) in [5.74, 6) is 0. The van der Waals surface area contributed by atoms with Crippen LogP contribution < -0.4 is 0 Å². The number of benzene rings is 1. The van der Waals surface area contributed by atoms with Crippen molar-refractivity contribution in [1.82, 2.24) is 9.78 Å². The standard InChI is InChI=1S/C15H19BrN2/c1-3-4-9-18-15(12(2)11-17-18)10-13-5-7-14(16)8-6-13/h5-8,11H,3-4,9-10H2,1-2H3. The Kier molecular flexibility index (Phi) is 4.59. The van der Waals surface area contributed by atoms with Crippen LogP contribution in [0.15, 0.2) is 34.9 Å². The zero-order chi connectivity index (χ0) is 13.0. The monoisotopic (exact) mass is 306 g/mol. The summed E-state index contributed by atoms with van der Waals surface area (Å²) in [5, 5.41) is 4.47. The van der Waals surface area contributed by atoms with E-state index in [2.05, 4.69) is 63.8 Å². The second-order valence-electron chi connectivity index (χ2n) is 4.65. The molecule has 18 heavy (non-hydrogen) atoms. The zero-order valence-corrected chi connectivity index (χ0v) is 12.6. The molecule has 0 amide bonds. The summed E-state index contributed by atoms with van der Waals surface area (Å²) in [6, 6.07) is 8.52. The Bertz CT molecular complexity index is 500. The molecule has 0 unspecified atom stereocenters. The Hall–Kier alpha value is -1.09. The molecule has 0 aliphatic rings. The molecule has 0 saturated carbocycles. The van der Waals surface area contributed by atoms with Gasteiger partial charge >= 0.3 is 0 Å². The van der Waals surface area contributed by atoms with E-state index in [-0.39, 0.29) is 0 Å². The number of unbranched alkanes of at least 4 members (excludes halogenated alkanes) is 1. The van der Waals surface area contributed by atoms with Crippen molar-refractivity contribution >= 4 is 15.9 Å². The summed E-state index contributed by atoms with van der Waals surface area (Å²) >= 11 is 3.47. The van der Waals surface area contributed by atoms with Crippen LogP contribution in [0.2, 0.25) is 0 Å². The fourth-order valence-corrected chi connectivity index (χ4v) is 2.30. The summed E-state index contributed by atoms with van der Waals surface area (Å²) < 4.78 is 3.28. The summed E-state index contributed by atoms with van der Waals surface area (Å²) in [6.45, 7) is 5.38. The highest BCUT2D eigenvalue weighted by Crippen LogP contribution is 2.17. The van der Waals surface area contributed by atoms with Gasteiger partial charge in [0.2, 0.25) is 0 Å². The van der Waals surface area contributed by atoms with Gasteiger partial charge < -0.3 is 0 Å². The van der Waals surface area contributed by atoms with Crippen LogP contribution in [0.5, 0.6) is 0 Å². The van der Waals surface area contributed by atoms with Crippen LogP contribution in [0.1, 0.15) is 36.6 Å². The molecule has 0 spiro atoms. The van der Waals surface area contributed by atoms with Crippen molar-refractivity contribution in [3.63, 3.8) is 0 Å². The molecule has 2 rings (SSSR count). The smallest absolute Gasteiger partial charge is 0.0521 e. The lowest BCUT2D eigenvalue weighted by Crippen LogP contribution is -2.06. The van der Waals surface area contributed by atoms with E-state index < -0.39 is 0 Å². The number of halogens is 1. The molecule has 0 aliphatic carbocycles. The molecule has 0 aliphatic heterocycles. The first-order chi connectivity index (χ1) is 8.70. The number of nitrogens with zero attached hydrogens (tertiary/aromatic N) is 2. The third-order valence-electron chi connectivity index (χ3n) is 3.17. The molecule has 2 aromatic rings. The Morgan fingerprint density at radius 3 is 2.61 bits per heavy atom. The first kappa shape index (κ1) is 13.3. The van der Waals surface area contributed by atoms with Crippen LogP contribution in [0.4, 0.5) is 0 Å². The molecule has 1 aromatic carbocycles. The quantitative estimate of drug-likeness (QED) is 0.803. The third kappa shape index (κ3) is 3.22. The van der Waals surface area contributed by atoms with Crippen LogP contribution in [0.25, 0.3) is 0 Å². The van der Waals surface area contributed by atoms with Gasteiger partial charge in [-0.3, -0.25) is 4.68 Å². The molecule has 0 radical (unpaired) electrons. The number of aryl methyl sites for hydroxylation is 2. The molecule has 3 heteroatoms. The van der Waals surface area contributed by atoms with Crippen LogP contribution in [-0.2, 0) is 13.0 Å². The molecule has 2 nitrogen and oxygen atoms in total. The number of hydrogen-bond donors (Lipinski definition) is 0. The molecule has 0 bridgehead atoms. The minimum absolute atomic E-state index is 0.961. The lowest BCUT2D eigenvalue weighted by atomic mass is 10.1. The molecule has 0 saturated heterocycles. The second kappa shape index (κ2) is 6.19. The lowest BCUT2D eigenvalue weighted by molar-refractivity contribution is 0.552. The van der Waals surface area contributed by atoms with Crippen LogP contribution in [-0.4, -0.2) is 9.78 Å². The number of rotatable bonds is 5. The van der Waals surface area contributed by atoms with E-state index in [9.17, 15) is 0 Å². The van der Waals surface area contributed by atoms with Gasteiger partial charge in [-0.1, -0.05) is 41.4 Å². The van der Waals surface area contributed by atoms with Gasteiger partial charge in [-0.05, 0) is 36.6 Å². The molecule has 96 valence electrons. The van der Waals surface area contributed by atoms with Crippen molar-refractivity contribution in [3.8, 4) is 0 Å². The Morgan fingerprint density at radius 1 is 1.22 bits per heavy atom. The van der Waals surface area contributed by atoms with Crippen LogP contribution in [0, 0.1) is 6.92 Å². The predicted octanol–water partition coefficient (Wildman–Crippen LogP) is 4.34. The van der Waals surface area contributed by atoms with E-state index >= 15 is 0 Å². The normalized spacial score (nSPS) is 10.8. The Balaban J connectivity index is 2.17. The molecule has 0 N–H and O–H groups in total. The van der Waals surface area contributed by atoms with Crippen LogP contribution in [0.3, 0.4) is 0 Å². The summed E-state index contributed by atoms with van der Waals surface area (Å²) in [5.41, 5.74) is 3.96. The van der Waals surface area contributed by atoms with Gasteiger partial charge in [-0.25, -0.2) is 0 Å². The average molecular weight is 307 g/mol. The summed E-state index contributed by atoms with van der Waals surface area (Å²) in [6.07, 6.45) is 5.33. The highest BCUT2D eigenvalue weighted by Gasteiger charge is 2.07. The highest BCUT2D eigenvalue weighted by atomic mass is 79.9. The van der Waals surface area contributed by atoms with Crippen molar-refractivity contribution in [3.05, 3.63) is 51.8 Å². The Morgan fingerprint density at radius 2 is 1.94 bits per heavy atom. The molecule has 1 heterocycles. The molecule has 0 atom stereocenters. The summed E-state index contributed by atoms with van der Waals surface area (Å²) in [7, 11) is 0. The maximum absolute atomic E-state index is 4.47. The maximum atomic E-state index is 4.47. The van der Waals surface area contributed by atoms with E-state index in [4.69, 9.17) is 0 Å². The second-order valence-corrected chi connectivity index (χ2v) is 5.57. The van der Waals surface area contributed by atoms with Crippen molar-refractivity contribution < 1.29 is 0 Å².